The number of likely N-dealkylation sites (tertiary alicyclic amines) is 2. The monoisotopic (exact) mass is 500 g/mol. The number of nitrogens with one attached hydrogen (secondary N) is 1. The fourth-order valence-corrected chi connectivity index (χ4v) is 5.49. The predicted molar refractivity (Wildman–Crippen MR) is 142 cm³/mol. The molecule has 3 heterocycles. The van der Waals surface area contributed by atoms with Crippen molar-refractivity contribution in [2.45, 2.75) is 32.6 Å². The maximum absolute atomic E-state index is 13.1. The number of fused-ring (bicyclic) bond motifs is 1. The maximum Gasteiger partial charge on any atom is 0.272 e. The van der Waals surface area contributed by atoms with Gasteiger partial charge in [0, 0.05) is 43.2 Å². The lowest BCUT2D eigenvalue weighted by atomic mass is 9.78. The van der Waals surface area contributed by atoms with Crippen LogP contribution in [0, 0.1) is 5.41 Å². The summed E-state index contributed by atoms with van der Waals surface area (Å²) in [7, 11) is 0. The van der Waals surface area contributed by atoms with E-state index in [0.717, 1.165) is 36.0 Å². The van der Waals surface area contributed by atoms with E-state index in [-0.39, 0.29) is 29.2 Å². The van der Waals surface area contributed by atoms with Crippen LogP contribution in [0.5, 0.6) is 5.75 Å². The summed E-state index contributed by atoms with van der Waals surface area (Å²) in [6, 6.07) is 14.9. The molecule has 2 aliphatic heterocycles. The van der Waals surface area contributed by atoms with E-state index in [4.69, 9.17) is 4.74 Å². The third-order valence-corrected chi connectivity index (χ3v) is 7.64. The first-order valence-corrected chi connectivity index (χ1v) is 12.9. The van der Waals surface area contributed by atoms with E-state index >= 15 is 0 Å². The molecule has 1 aromatic heterocycles. The molecule has 8 nitrogen and oxygen atoms in total. The highest BCUT2D eigenvalue weighted by Crippen LogP contribution is 2.40. The van der Waals surface area contributed by atoms with Crippen LogP contribution in [0.15, 0.2) is 59.4 Å². The van der Waals surface area contributed by atoms with Gasteiger partial charge in [-0.25, -0.2) is 5.10 Å². The Morgan fingerprint density at radius 2 is 1.68 bits per heavy atom. The van der Waals surface area contributed by atoms with Crippen LogP contribution in [0.3, 0.4) is 0 Å². The lowest BCUT2D eigenvalue weighted by Gasteiger charge is -2.39. The number of rotatable bonds is 6. The van der Waals surface area contributed by atoms with Crippen LogP contribution in [0.1, 0.15) is 37.4 Å². The molecule has 192 valence electrons. The Morgan fingerprint density at radius 1 is 1.00 bits per heavy atom. The SMILES string of the molecule is CCOc1ccccc1C=CC(=O)N1CCC2(CC1)CCN(C(=O)Cc1n[nH]c(=O)c3ccccc13)C2. The molecule has 8 heteroatoms. The van der Waals surface area contributed by atoms with Crippen LogP contribution >= 0.6 is 0 Å². The van der Waals surface area contributed by atoms with Crippen molar-refractivity contribution in [2.24, 2.45) is 5.41 Å². The van der Waals surface area contributed by atoms with E-state index in [0.29, 0.717) is 43.9 Å². The number of H-pyrrole nitrogens is 1. The van der Waals surface area contributed by atoms with Gasteiger partial charge in [0.1, 0.15) is 5.75 Å². The zero-order chi connectivity index (χ0) is 25.8. The molecule has 5 rings (SSSR count). The van der Waals surface area contributed by atoms with Crippen LogP contribution in [0.4, 0.5) is 0 Å². The van der Waals surface area contributed by atoms with Gasteiger partial charge in [-0.05, 0) is 49.8 Å². The van der Waals surface area contributed by atoms with E-state index in [9.17, 15) is 14.4 Å². The van der Waals surface area contributed by atoms with Crippen LogP contribution < -0.4 is 10.3 Å². The number of hydrogen-bond acceptors (Lipinski definition) is 5. The summed E-state index contributed by atoms with van der Waals surface area (Å²) in [4.78, 5) is 41.9. The average Bonchev–Trinajstić information content (AvgIpc) is 3.34. The van der Waals surface area contributed by atoms with Crippen molar-refractivity contribution >= 4 is 28.7 Å². The average molecular weight is 501 g/mol. The molecule has 0 aliphatic carbocycles. The van der Waals surface area contributed by atoms with Gasteiger partial charge in [0.2, 0.25) is 11.8 Å². The second-order valence-corrected chi connectivity index (χ2v) is 9.92. The van der Waals surface area contributed by atoms with Crippen LogP contribution in [-0.4, -0.2) is 64.6 Å². The van der Waals surface area contributed by atoms with Gasteiger partial charge in [-0.15, -0.1) is 0 Å². The zero-order valence-corrected chi connectivity index (χ0v) is 21.1. The van der Waals surface area contributed by atoms with Gasteiger partial charge in [0.15, 0.2) is 0 Å². The van der Waals surface area contributed by atoms with Crippen molar-refractivity contribution in [1.82, 2.24) is 20.0 Å². The standard InChI is InChI=1S/C29H32N4O4/c1-2-37-25-10-6-3-7-21(25)11-12-26(34)32-16-13-29(14-17-32)15-18-33(20-29)27(35)19-24-22-8-4-5-9-23(22)28(36)31-30-24/h3-12H,2,13-20H2,1H3,(H,31,36). The van der Waals surface area contributed by atoms with Gasteiger partial charge in [-0.3, -0.25) is 14.4 Å². The Balaban J connectivity index is 1.17. The van der Waals surface area contributed by atoms with Crippen LogP contribution in [-0.2, 0) is 16.0 Å². The van der Waals surface area contributed by atoms with Crippen LogP contribution in [0.25, 0.3) is 16.8 Å². The minimum Gasteiger partial charge on any atom is -0.493 e. The number of ether oxygens (including phenoxy) is 1. The number of benzene rings is 2. The Kier molecular flexibility index (Phi) is 7.08. The topological polar surface area (TPSA) is 95.6 Å². The summed E-state index contributed by atoms with van der Waals surface area (Å²) in [6.45, 7) is 5.30. The third kappa shape index (κ3) is 5.28. The number of piperidine rings is 1. The quantitative estimate of drug-likeness (QED) is 0.524. The van der Waals surface area contributed by atoms with E-state index in [1.807, 2.05) is 59.2 Å². The van der Waals surface area contributed by atoms with Crippen molar-refractivity contribution < 1.29 is 14.3 Å². The van der Waals surface area contributed by atoms with Crippen molar-refractivity contribution in [1.29, 1.82) is 0 Å². The number of carbonyl (C=O) groups excluding carboxylic acids is 2. The Labute approximate surface area is 215 Å². The molecule has 1 spiro atoms. The molecule has 0 unspecified atom stereocenters. The summed E-state index contributed by atoms with van der Waals surface area (Å²) in [5.41, 5.74) is 1.29. The van der Waals surface area contributed by atoms with Gasteiger partial charge < -0.3 is 14.5 Å². The van der Waals surface area contributed by atoms with E-state index in [2.05, 4.69) is 10.2 Å². The van der Waals surface area contributed by atoms with Crippen molar-refractivity contribution in [3.8, 4) is 5.75 Å². The maximum atomic E-state index is 13.1. The highest BCUT2D eigenvalue weighted by molar-refractivity contribution is 5.92. The Hall–Kier alpha value is -3.94. The molecule has 2 saturated heterocycles. The molecule has 0 saturated carbocycles. The Morgan fingerprint density at radius 3 is 2.43 bits per heavy atom. The number of aromatic nitrogens is 2. The normalized spacial score (nSPS) is 17.1. The number of hydrogen-bond donors (Lipinski definition) is 1. The number of para-hydroxylation sites is 1. The molecule has 2 aliphatic rings. The smallest absolute Gasteiger partial charge is 0.272 e. The molecule has 1 N–H and O–H groups in total. The van der Waals surface area contributed by atoms with Crippen molar-refractivity contribution in [3.63, 3.8) is 0 Å². The number of nitrogens with zero attached hydrogens (tertiary/aromatic N) is 3. The van der Waals surface area contributed by atoms with E-state index in [1.54, 1.807) is 18.2 Å². The van der Waals surface area contributed by atoms with E-state index < -0.39 is 0 Å². The van der Waals surface area contributed by atoms with E-state index in [1.165, 1.54) is 0 Å². The zero-order valence-electron chi connectivity index (χ0n) is 21.1. The van der Waals surface area contributed by atoms with Crippen molar-refractivity contribution in [2.75, 3.05) is 32.8 Å². The minimum atomic E-state index is -0.249. The van der Waals surface area contributed by atoms with Gasteiger partial charge in [0.25, 0.3) is 5.56 Å². The van der Waals surface area contributed by atoms with Gasteiger partial charge in [-0.2, -0.15) is 5.10 Å². The first-order valence-electron chi connectivity index (χ1n) is 12.9. The molecular weight excluding hydrogens is 468 g/mol. The molecular formula is C29H32N4O4. The largest absolute Gasteiger partial charge is 0.493 e. The van der Waals surface area contributed by atoms with Gasteiger partial charge in [0.05, 0.1) is 24.1 Å². The third-order valence-electron chi connectivity index (χ3n) is 7.64. The summed E-state index contributed by atoms with van der Waals surface area (Å²) < 4.78 is 5.64. The molecule has 3 aromatic rings. The molecule has 0 radical (unpaired) electrons. The Bertz CT molecular complexity index is 1390. The fourth-order valence-electron chi connectivity index (χ4n) is 5.49. The molecule has 2 fully saturated rings. The summed E-state index contributed by atoms with van der Waals surface area (Å²) >= 11 is 0. The second kappa shape index (κ2) is 10.6. The lowest BCUT2D eigenvalue weighted by molar-refractivity contribution is -0.131. The predicted octanol–water partition coefficient (Wildman–Crippen LogP) is 3.42. The van der Waals surface area contributed by atoms with Gasteiger partial charge in [-0.1, -0.05) is 36.4 Å². The van der Waals surface area contributed by atoms with Crippen molar-refractivity contribution in [3.05, 3.63) is 76.2 Å². The summed E-state index contributed by atoms with van der Waals surface area (Å²) in [6.07, 6.45) is 6.31. The first-order chi connectivity index (χ1) is 18.0. The number of carbonyl (C=O) groups is 2. The number of amides is 2. The molecule has 0 atom stereocenters. The lowest BCUT2D eigenvalue weighted by Crippen LogP contribution is -2.44. The number of aromatic amines is 1. The highest BCUT2D eigenvalue weighted by atomic mass is 16.5. The summed E-state index contributed by atoms with van der Waals surface area (Å²) in [5, 5.41) is 7.94. The molecule has 0 bridgehead atoms. The van der Waals surface area contributed by atoms with Crippen LogP contribution in [0.2, 0.25) is 0 Å². The molecule has 2 aromatic carbocycles. The van der Waals surface area contributed by atoms with Gasteiger partial charge >= 0.3 is 0 Å². The summed E-state index contributed by atoms with van der Waals surface area (Å²) in [5.74, 6) is 0.798. The second-order valence-electron chi connectivity index (χ2n) is 9.92. The molecule has 2 amide bonds. The fraction of sp³-hybridized carbons (Fsp3) is 0.379. The first kappa shape index (κ1) is 24.7. The minimum absolute atomic E-state index is 0.00287. The highest BCUT2D eigenvalue weighted by Gasteiger charge is 2.42. The molecule has 37 heavy (non-hydrogen) atoms.